The normalized spacial score (nSPS) is 11.8. The second-order valence-electron chi connectivity index (χ2n) is 7.88. The van der Waals surface area contributed by atoms with E-state index in [1.807, 2.05) is 72.8 Å². The van der Waals surface area contributed by atoms with Gasteiger partial charge in [0.05, 0.1) is 15.8 Å². The zero-order chi connectivity index (χ0) is 22.9. The van der Waals surface area contributed by atoms with Crippen LogP contribution >= 0.6 is 27.3 Å². The van der Waals surface area contributed by atoms with Crippen LogP contribution in [-0.2, 0) is 0 Å². The Kier molecular flexibility index (Phi) is 5.83. The van der Waals surface area contributed by atoms with E-state index in [0.717, 1.165) is 42.3 Å². The molecule has 5 heteroatoms. The van der Waals surface area contributed by atoms with Crippen molar-refractivity contribution < 1.29 is 4.79 Å². The van der Waals surface area contributed by atoms with E-state index in [0.29, 0.717) is 11.1 Å². The molecule has 0 unspecified atom stereocenters. The SMILES string of the molecule is Cc1cc(/C=C(/C(=O)c2ccccc2)c2nc3ccccc3s2)c(C)n1-c1ccc(Br)cc1. The lowest BCUT2D eigenvalue weighted by atomic mass is 10.0. The maximum Gasteiger partial charge on any atom is 0.196 e. The zero-order valence-corrected chi connectivity index (χ0v) is 20.7. The van der Waals surface area contributed by atoms with Gasteiger partial charge in [0.2, 0.25) is 0 Å². The van der Waals surface area contributed by atoms with Crippen molar-refractivity contribution in [1.29, 1.82) is 0 Å². The summed E-state index contributed by atoms with van der Waals surface area (Å²) in [5.41, 5.74) is 6.46. The summed E-state index contributed by atoms with van der Waals surface area (Å²) in [5, 5.41) is 0.735. The van der Waals surface area contributed by atoms with Gasteiger partial charge in [-0.15, -0.1) is 11.3 Å². The molecule has 0 saturated heterocycles. The summed E-state index contributed by atoms with van der Waals surface area (Å²) >= 11 is 5.06. The van der Waals surface area contributed by atoms with Crippen molar-refractivity contribution in [3.05, 3.63) is 117 Å². The predicted molar refractivity (Wildman–Crippen MR) is 141 cm³/mol. The van der Waals surface area contributed by atoms with Crippen LogP contribution in [0, 0.1) is 13.8 Å². The van der Waals surface area contributed by atoms with E-state index >= 15 is 0 Å². The Morgan fingerprint density at radius 2 is 1.64 bits per heavy atom. The highest BCUT2D eigenvalue weighted by molar-refractivity contribution is 9.10. The average Bonchev–Trinajstić information content (AvgIpc) is 3.38. The molecule has 0 aliphatic heterocycles. The summed E-state index contributed by atoms with van der Waals surface area (Å²) in [6.07, 6.45) is 1.99. The number of carbonyl (C=O) groups excluding carboxylic acids is 1. The highest BCUT2D eigenvalue weighted by Crippen LogP contribution is 2.32. The molecule has 162 valence electrons. The van der Waals surface area contributed by atoms with E-state index in [-0.39, 0.29) is 5.78 Å². The molecule has 0 fully saturated rings. The van der Waals surface area contributed by atoms with Gasteiger partial charge in [-0.05, 0) is 68.0 Å². The predicted octanol–water partition coefficient (Wildman–Crippen LogP) is 7.89. The van der Waals surface area contributed by atoms with E-state index in [4.69, 9.17) is 4.98 Å². The molecule has 5 aromatic rings. The fourth-order valence-electron chi connectivity index (χ4n) is 4.03. The Hall–Kier alpha value is -3.28. The van der Waals surface area contributed by atoms with Gasteiger partial charge in [-0.25, -0.2) is 4.98 Å². The zero-order valence-electron chi connectivity index (χ0n) is 18.2. The third kappa shape index (κ3) is 4.22. The fourth-order valence-corrected chi connectivity index (χ4v) is 5.28. The van der Waals surface area contributed by atoms with E-state index in [1.165, 1.54) is 0 Å². The molecule has 2 heterocycles. The molecule has 0 aliphatic rings. The minimum absolute atomic E-state index is 0.0249. The number of rotatable bonds is 5. The number of benzene rings is 3. The Morgan fingerprint density at radius 1 is 0.939 bits per heavy atom. The van der Waals surface area contributed by atoms with Gasteiger partial charge in [-0.3, -0.25) is 4.79 Å². The fraction of sp³-hybridized carbons (Fsp3) is 0.0714. The topological polar surface area (TPSA) is 34.9 Å². The van der Waals surface area contributed by atoms with Crippen molar-refractivity contribution in [3.8, 4) is 5.69 Å². The lowest BCUT2D eigenvalue weighted by molar-refractivity contribution is 0.105. The van der Waals surface area contributed by atoms with Crippen LogP contribution in [0.2, 0.25) is 0 Å². The van der Waals surface area contributed by atoms with Crippen LogP contribution in [0.4, 0.5) is 0 Å². The molecule has 0 aliphatic carbocycles. The summed E-state index contributed by atoms with van der Waals surface area (Å²) in [6.45, 7) is 4.17. The lowest BCUT2D eigenvalue weighted by Gasteiger charge is -2.10. The third-order valence-corrected chi connectivity index (χ3v) is 7.26. The van der Waals surface area contributed by atoms with Gasteiger partial charge < -0.3 is 4.57 Å². The summed E-state index contributed by atoms with van der Waals surface area (Å²) in [7, 11) is 0. The van der Waals surface area contributed by atoms with Gasteiger partial charge in [-0.1, -0.05) is 58.4 Å². The van der Waals surface area contributed by atoms with Crippen molar-refractivity contribution >= 4 is 54.9 Å². The minimum Gasteiger partial charge on any atom is -0.318 e. The number of hydrogen-bond acceptors (Lipinski definition) is 3. The molecule has 0 bridgehead atoms. The maximum atomic E-state index is 13.6. The highest BCUT2D eigenvalue weighted by atomic mass is 79.9. The first-order valence-corrected chi connectivity index (χ1v) is 12.2. The van der Waals surface area contributed by atoms with Crippen molar-refractivity contribution in [2.75, 3.05) is 0 Å². The quantitative estimate of drug-likeness (QED) is 0.177. The van der Waals surface area contributed by atoms with Crippen molar-refractivity contribution in [2.45, 2.75) is 13.8 Å². The third-order valence-electron chi connectivity index (χ3n) is 5.66. The van der Waals surface area contributed by atoms with Crippen molar-refractivity contribution in [3.63, 3.8) is 0 Å². The molecule has 0 N–H and O–H groups in total. The van der Waals surface area contributed by atoms with Gasteiger partial charge in [0, 0.05) is 27.1 Å². The van der Waals surface area contributed by atoms with Gasteiger partial charge in [0.1, 0.15) is 5.01 Å². The monoisotopic (exact) mass is 512 g/mol. The second kappa shape index (κ2) is 8.93. The molecule has 2 aromatic heterocycles. The Morgan fingerprint density at radius 3 is 2.36 bits per heavy atom. The van der Waals surface area contributed by atoms with Crippen molar-refractivity contribution in [2.24, 2.45) is 0 Å². The largest absolute Gasteiger partial charge is 0.318 e. The van der Waals surface area contributed by atoms with Crippen LogP contribution in [0.5, 0.6) is 0 Å². The molecular formula is C28H21BrN2OS. The molecular weight excluding hydrogens is 492 g/mol. The molecule has 0 saturated carbocycles. The highest BCUT2D eigenvalue weighted by Gasteiger charge is 2.20. The number of aromatic nitrogens is 2. The first kappa shape index (κ1) is 21.6. The molecule has 0 atom stereocenters. The molecule has 33 heavy (non-hydrogen) atoms. The van der Waals surface area contributed by atoms with E-state index < -0.39 is 0 Å². The number of aryl methyl sites for hydroxylation is 1. The Labute approximate surface area is 205 Å². The summed E-state index contributed by atoms with van der Waals surface area (Å²) in [6, 6.07) is 27.8. The van der Waals surface area contributed by atoms with E-state index in [1.54, 1.807) is 11.3 Å². The average molecular weight is 513 g/mol. The molecule has 5 rings (SSSR count). The van der Waals surface area contributed by atoms with Gasteiger partial charge in [0.25, 0.3) is 0 Å². The van der Waals surface area contributed by atoms with Gasteiger partial charge in [-0.2, -0.15) is 0 Å². The first-order valence-electron chi connectivity index (χ1n) is 10.6. The van der Waals surface area contributed by atoms with Gasteiger partial charge in [0.15, 0.2) is 5.78 Å². The number of halogens is 1. The molecule has 0 amide bonds. The van der Waals surface area contributed by atoms with Crippen LogP contribution in [0.15, 0.2) is 89.4 Å². The number of allylic oxidation sites excluding steroid dienone is 1. The number of thiazole rings is 1. The van der Waals surface area contributed by atoms with Crippen LogP contribution in [0.25, 0.3) is 27.6 Å². The number of carbonyl (C=O) groups is 1. The molecule has 0 radical (unpaired) electrons. The van der Waals surface area contributed by atoms with Crippen molar-refractivity contribution in [1.82, 2.24) is 9.55 Å². The Balaban J connectivity index is 1.67. The van der Waals surface area contributed by atoms with E-state index in [9.17, 15) is 4.79 Å². The Bertz CT molecular complexity index is 1460. The van der Waals surface area contributed by atoms with Crippen LogP contribution < -0.4 is 0 Å². The number of Topliss-reactive ketones (excluding diaryl/α,β-unsaturated/α-hetero) is 1. The number of nitrogens with zero attached hydrogens (tertiary/aromatic N) is 2. The summed E-state index contributed by atoms with van der Waals surface area (Å²) in [5.74, 6) is -0.0249. The minimum atomic E-state index is -0.0249. The van der Waals surface area contributed by atoms with Crippen LogP contribution in [0.3, 0.4) is 0 Å². The maximum absolute atomic E-state index is 13.6. The molecule has 0 spiro atoms. The number of ketones is 1. The lowest BCUT2D eigenvalue weighted by Crippen LogP contribution is -2.03. The van der Waals surface area contributed by atoms with Gasteiger partial charge >= 0.3 is 0 Å². The number of fused-ring (bicyclic) bond motifs is 1. The molecule has 3 aromatic carbocycles. The first-order chi connectivity index (χ1) is 16.0. The van der Waals surface area contributed by atoms with E-state index in [2.05, 4.69) is 52.5 Å². The molecule has 3 nitrogen and oxygen atoms in total. The second-order valence-corrected chi connectivity index (χ2v) is 9.82. The standard InChI is InChI=1S/C28H21BrN2OS/c1-18-16-21(19(2)31(18)23-14-12-22(29)13-15-23)17-24(27(32)20-8-4-3-5-9-20)28-30-25-10-6-7-11-26(25)33-28/h3-17H,1-2H3/b24-17-. The number of para-hydroxylation sites is 1. The van der Waals surface area contributed by atoms with Crippen LogP contribution in [-0.4, -0.2) is 15.3 Å². The summed E-state index contributed by atoms with van der Waals surface area (Å²) in [4.78, 5) is 18.4. The smallest absolute Gasteiger partial charge is 0.196 e. The summed E-state index contributed by atoms with van der Waals surface area (Å²) < 4.78 is 4.32. The van der Waals surface area contributed by atoms with Crippen LogP contribution in [0.1, 0.15) is 32.3 Å². The number of hydrogen-bond donors (Lipinski definition) is 0.